The Hall–Kier alpha value is -2.51. The summed E-state index contributed by atoms with van der Waals surface area (Å²) in [5.74, 6) is 1.57. The largest absolute Gasteiger partial charge is 0.454 e. The van der Waals surface area contributed by atoms with E-state index in [4.69, 9.17) is 26.4 Å². The van der Waals surface area contributed by atoms with Gasteiger partial charge in [-0.05, 0) is 54.2 Å². The smallest absolute Gasteiger partial charge is 0.231 e. The van der Waals surface area contributed by atoms with Gasteiger partial charge in [-0.25, -0.2) is 0 Å². The van der Waals surface area contributed by atoms with E-state index in [1.54, 1.807) is 0 Å². The Bertz CT molecular complexity index is 776. The summed E-state index contributed by atoms with van der Waals surface area (Å²) in [6, 6.07) is 14.2. The molecule has 0 amide bonds. The fourth-order valence-corrected chi connectivity index (χ4v) is 3.18. The summed E-state index contributed by atoms with van der Waals surface area (Å²) in [5, 5.41) is 7.01. The van der Waals surface area contributed by atoms with E-state index in [-0.39, 0.29) is 6.79 Å². The molecule has 4 rings (SSSR count). The van der Waals surface area contributed by atoms with Gasteiger partial charge in [0.05, 0.1) is 13.2 Å². The summed E-state index contributed by atoms with van der Waals surface area (Å²) >= 11 is 5.39. The second-order valence-electron chi connectivity index (χ2n) is 6.14. The number of hydrogen-bond donors (Lipinski definition) is 2. The maximum atomic E-state index is 5.39. The number of nitrogens with zero attached hydrogens (tertiary/aromatic N) is 1. The normalized spacial score (nSPS) is 15.6. The lowest BCUT2D eigenvalue weighted by Crippen LogP contribution is -2.36. The van der Waals surface area contributed by atoms with E-state index in [9.17, 15) is 0 Å². The minimum atomic E-state index is 0.284. The van der Waals surface area contributed by atoms with Gasteiger partial charge in [-0.15, -0.1) is 0 Å². The molecule has 0 spiro atoms. The van der Waals surface area contributed by atoms with Gasteiger partial charge in [-0.1, -0.05) is 6.07 Å². The molecule has 0 aliphatic carbocycles. The topological polar surface area (TPSA) is 55.0 Å². The van der Waals surface area contributed by atoms with E-state index in [1.165, 1.54) is 5.69 Å². The number of fused-ring (bicyclic) bond motifs is 1. The van der Waals surface area contributed by atoms with Gasteiger partial charge >= 0.3 is 0 Å². The molecule has 2 N–H and O–H groups in total. The first-order valence-electron chi connectivity index (χ1n) is 8.64. The minimum Gasteiger partial charge on any atom is -0.454 e. The zero-order valence-electron chi connectivity index (χ0n) is 14.4. The van der Waals surface area contributed by atoms with Gasteiger partial charge in [-0.3, -0.25) is 0 Å². The molecule has 1 saturated heterocycles. The van der Waals surface area contributed by atoms with Crippen LogP contribution in [-0.2, 0) is 11.3 Å². The summed E-state index contributed by atoms with van der Waals surface area (Å²) < 4.78 is 16.1. The molecule has 2 heterocycles. The number of hydrogen-bond acceptors (Lipinski definition) is 5. The zero-order valence-corrected chi connectivity index (χ0v) is 15.2. The van der Waals surface area contributed by atoms with Crippen molar-refractivity contribution < 1.29 is 14.2 Å². The van der Waals surface area contributed by atoms with Crippen LogP contribution in [-0.4, -0.2) is 38.2 Å². The fourth-order valence-electron chi connectivity index (χ4n) is 2.99. The summed E-state index contributed by atoms with van der Waals surface area (Å²) in [4.78, 5) is 2.32. The predicted octanol–water partition coefficient (Wildman–Crippen LogP) is 2.74. The molecule has 0 bridgehead atoms. The van der Waals surface area contributed by atoms with Gasteiger partial charge in [0.15, 0.2) is 16.6 Å². The number of benzene rings is 2. The molecule has 2 aliphatic rings. The highest BCUT2D eigenvalue weighted by Crippen LogP contribution is 2.32. The lowest BCUT2D eigenvalue weighted by atomic mass is 10.2. The van der Waals surface area contributed by atoms with Crippen LogP contribution in [0.2, 0.25) is 0 Å². The van der Waals surface area contributed by atoms with Crippen LogP contribution in [0.25, 0.3) is 0 Å². The number of nitrogens with one attached hydrogen (secondary N) is 2. The Morgan fingerprint density at radius 3 is 2.58 bits per heavy atom. The monoisotopic (exact) mass is 371 g/mol. The van der Waals surface area contributed by atoms with Crippen molar-refractivity contribution in [3.05, 3.63) is 48.0 Å². The molecule has 2 aromatic rings. The molecule has 0 unspecified atom stereocenters. The summed E-state index contributed by atoms with van der Waals surface area (Å²) in [5.41, 5.74) is 3.25. The van der Waals surface area contributed by atoms with Crippen LogP contribution in [0.5, 0.6) is 11.5 Å². The standard InChI is InChI=1S/C19H21N3O3S/c26-19(20-12-14-1-6-17-18(11-14)25-13-24-17)21-15-2-4-16(5-3-15)22-7-9-23-10-8-22/h1-6,11H,7-10,12-13H2,(H2,20,21,26). The van der Waals surface area contributed by atoms with Crippen LogP contribution in [0, 0.1) is 0 Å². The molecule has 0 atom stereocenters. The molecule has 0 radical (unpaired) electrons. The van der Waals surface area contributed by atoms with Gasteiger partial charge in [0.1, 0.15) is 0 Å². The Kier molecular flexibility index (Phi) is 5.08. The zero-order chi connectivity index (χ0) is 17.8. The van der Waals surface area contributed by atoms with Crippen LogP contribution in [0.15, 0.2) is 42.5 Å². The Morgan fingerprint density at radius 2 is 1.77 bits per heavy atom. The highest BCUT2D eigenvalue weighted by molar-refractivity contribution is 7.80. The van der Waals surface area contributed by atoms with E-state index < -0.39 is 0 Å². The summed E-state index contributed by atoms with van der Waals surface area (Å²) in [6.07, 6.45) is 0. The van der Waals surface area contributed by atoms with E-state index in [0.717, 1.165) is 49.1 Å². The summed E-state index contributed by atoms with van der Waals surface area (Å²) in [6.45, 7) is 4.34. The SMILES string of the molecule is S=C(NCc1ccc2c(c1)OCO2)Nc1ccc(N2CCOCC2)cc1. The van der Waals surface area contributed by atoms with Crippen LogP contribution in [0.4, 0.5) is 11.4 Å². The van der Waals surface area contributed by atoms with Crippen molar-refractivity contribution in [2.45, 2.75) is 6.54 Å². The van der Waals surface area contributed by atoms with Gasteiger partial charge in [0, 0.05) is 31.0 Å². The van der Waals surface area contributed by atoms with E-state index in [2.05, 4.69) is 27.7 Å². The molecule has 26 heavy (non-hydrogen) atoms. The highest BCUT2D eigenvalue weighted by Gasteiger charge is 2.13. The van der Waals surface area contributed by atoms with E-state index in [1.807, 2.05) is 30.3 Å². The molecule has 136 valence electrons. The van der Waals surface area contributed by atoms with Gasteiger partial charge < -0.3 is 29.7 Å². The second kappa shape index (κ2) is 7.80. The van der Waals surface area contributed by atoms with Crippen molar-refractivity contribution in [1.82, 2.24) is 5.32 Å². The van der Waals surface area contributed by atoms with E-state index >= 15 is 0 Å². The Balaban J connectivity index is 1.29. The third-order valence-electron chi connectivity index (χ3n) is 4.39. The molecule has 1 fully saturated rings. The van der Waals surface area contributed by atoms with Crippen molar-refractivity contribution in [1.29, 1.82) is 0 Å². The molecular formula is C19H21N3O3S. The maximum absolute atomic E-state index is 5.39. The lowest BCUT2D eigenvalue weighted by Gasteiger charge is -2.29. The van der Waals surface area contributed by atoms with Crippen molar-refractivity contribution in [2.24, 2.45) is 0 Å². The lowest BCUT2D eigenvalue weighted by molar-refractivity contribution is 0.122. The first-order chi connectivity index (χ1) is 12.8. The van der Waals surface area contributed by atoms with Gasteiger partial charge in [-0.2, -0.15) is 0 Å². The predicted molar refractivity (Wildman–Crippen MR) is 105 cm³/mol. The Morgan fingerprint density at radius 1 is 1.00 bits per heavy atom. The number of morpholine rings is 1. The fraction of sp³-hybridized carbons (Fsp3) is 0.316. The van der Waals surface area contributed by atoms with Crippen molar-refractivity contribution in [3.8, 4) is 11.5 Å². The first kappa shape index (κ1) is 16.9. The first-order valence-corrected chi connectivity index (χ1v) is 9.05. The van der Waals surface area contributed by atoms with Crippen molar-refractivity contribution >= 4 is 28.7 Å². The van der Waals surface area contributed by atoms with E-state index in [0.29, 0.717) is 11.7 Å². The van der Waals surface area contributed by atoms with Crippen LogP contribution in [0.3, 0.4) is 0 Å². The van der Waals surface area contributed by atoms with Crippen LogP contribution < -0.4 is 25.0 Å². The summed E-state index contributed by atoms with van der Waals surface area (Å²) in [7, 11) is 0. The van der Waals surface area contributed by atoms with Crippen LogP contribution in [0.1, 0.15) is 5.56 Å². The average Bonchev–Trinajstić information content (AvgIpc) is 3.15. The molecule has 0 saturated carbocycles. The minimum absolute atomic E-state index is 0.284. The number of thiocarbonyl (C=S) groups is 1. The molecule has 6 nitrogen and oxygen atoms in total. The van der Waals surface area contributed by atoms with Crippen molar-refractivity contribution in [2.75, 3.05) is 43.3 Å². The number of anilines is 2. The number of ether oxygens (including phenoxy) is 3. The molecule has 7 heteroatoms. The molecule has 0 aromatic heterocycles. The Labute approximate surface area is 158 Å². The molecule has 2 aliphatic heterocycles. The van der Waals surface area contributed by atoms with Crippen molar-refractivity contribution in [3.63, 3.8) is 0 Å². The average molecular weight is 371 g/mol. The third-order valence-corrected chi connectivity index (χ3v) is 4.64. The van der Waals surface area contributed by atoms with Gasteiger partial charge in [0.25, 0.3) is 0 Å². The highest BCUT2D eigenvalue weighted by atomic mass is 32.1. The van der Waals surface area contributed by atoms with Crippen LogP contribution >= 0.6 is 12.2 Å². The second-order valence-corrected chi connectivity index (χ2v) is 6.55. The molecule has 2 aromatic carbocycles. The maximum Gasteiger partial charge on any atom is 0.231 e. The number of rotatable bonds is 4. The quantitative estimate of drug-likeness (QED) is 0.802. The third kappa shape index (κ3) is 4.00. The van der Waals surface area contributed by atoms with Gasteiger partial charge in [0.2, 0.25) is 6.79 Å². The molecular weight excluding hydrogens is 350 g/mol.